The maximum Gasteiger partial charge on any atom is 0.242 e. The predicted molar refractivity (Wildman–Crippen MR) is 134 cm³/mol. The maximum absolute atomic E-state index is 13.3. The molecule has 8 nitrogen and oxygen atoms in total. The molecule has 1 fully saturated rings. The van der Waals surface area contributed by atoms with E-state index in [2.05, 4.69) is 30.7 Å². The van der Waals surface area contributed by atoms with Crippen LogP contribution in [0.5, 0.6) is 0 Å². The summed E-state index contributed by atoms with van der Waals surface area (Å²) in [5.41, 5.74) is 1.53. The minimum absolute atomic E-state index is 0.0804. The third-order valence-corrected chi connectivity index (χ3v) is 6.18. The highest BCUT2D eigenvalue weighted by atomic mass is 16.2. The van der Waals surface area contributed by atoms with E-state index in [0.717, 1.165) is 24.8 Å². The number of nitrogens with zero attached hydrogens (tertiary/aromatic N) is 4. The molecule has 3 aromatic rings. The third-order valence-electron chi connectivity index (χ3n) is 6.18. The van der Waals surface area contributed by atoms with Crippen molar-refractivity contribution in [3.63, 3.8) is 0 Å². The summed E-state index contributed by atoms with van der Waals surface area (Å²) in [6.07, 6.45) is 10.5. The molecule has 1 unspecified atom stereocenters. The minimum Gasteiger partial charge on any atom is -0.407 e. The first-order valence-electron chi connectivity index (χ1n) is 11.6. The van der Waals surface area contributed by atoms with Crippen molar-refractivity contribution >= 4 is 31.3 Å². The van der Waals surface area contributed by atoms with Gasteiger partial charge in [-0.3, -0.25) is 4.79 Å². The number of carbonyl (C=O) groups excluding carboxylic acids is 1. The zero-order valence-corrected chi connectivity index (χ0v) is 19.1. The number of amides is 1. The van der Waals surface area contributed by atoms with Crippen LogP contribution >= 0.6 is 0 Å². The fraction of sp³-hybridized carbons (Fsp3) is 0.360. The van der Waals surface area contributed by atoms with Crippen LogP contribution in [-0.2, 0) is 11.3 Å². The second kappa shape index (κ2) is 11.4. The van der Waals surface area contributed by atoms with Gasteiger partial charge in [-0.15, -0.1) is 0 Å². The molecular formula is C25H28BN7O. The molecule has 0 aliphatic heterocycles. The molecule has 2 heterocycles. The first-order valence-corrected chi connectivity index (χ1v) is 11.6. The van der Waals surface area contributed by atoms with Gasteiger partial charge < -0.3 is 20.4 Å². The highest BCUT2D eigenvalue weighted by molar-refractivity contribution is 6.15. The van der Waals surface area contributed by atoms with E-state index < -0.39 is 6.04 Å². The van der Waals surface area contributed by atoms with Gasteiger partial charge >= 0.3 is 0 Å². The standard InChI is InChI=1S/C25H28BN7O/c1-27-20-11-9-19(10-12-20)17-28-24(34)21(15-18-7-3-2-4-8-18)29-22-16-23(31-25(30-22)32-26)33-13-5-6-14-33/h5-6,9-14,16,18,21H,2-4,7-8,15,17H2,(H,28,34)(H2,29,30,31,32). The highest BCUT2D eigenvalue weighted by Crippen LogP contribution is 2.28. The van der Waals surface area contributed by atoms with Crippen molar-refractivity contribution in [3.8, 4) is 5.82 Å². The Kier molecular flexibility index (Phi) is 7.81. The Morgan fingerprint density at radius 1 is 1.15 bits per heavy atom. The molecule has 3 N–H and O–H groups in total. The molecule has 2 radical (unpaired) electrons. The Hall–Kier alpha value is -3.80. The average Bonchev–Trinajstić information content (AvgIpc) is 3.43. The molecule has 0 bridgehead atoms. The number of hydrogen-bond acceptors (Lipinski definition) is 5. The summed E-state index contributed by atoms with van der Waals surface area (Å²) < 4.78 is 1.86. The van der Waals surface area contributed by atoms with Crippen LogP contribution in [0.1, 0.15) is 44.1 Å². The minimum atomic E-state index is -0.441. The van der Waals surface area contributed by atoms with Crippen LogP contribution in [-0.4, -0.2) is 34.5 Å². The van der Waals surface area contributed by atoms with Crippen LogP contribution in [0.4, 0.5) is 17.5 Å². The number of benzene rings is 1. The lowest BCUT2D eigenvalue weighted by atomic mass is 9.84. The summed E-state index contributed by atoms with van der Waals surface area (Å²) in [4.78, 5) is 25.5. The van der Waals surface area contributed by atoms with Gasteiger partial charge in [0.05, 0.1) is 6.57 Å². The Balaban J connectivity index is 1.51. The van der Waals surface area contributed by atoms with E-state index in [1.54, 1.807) is 12.1 Å². The van der Waals surface area contributed by atoms with Gasteiger partial charge in [-0.2, -0.15) is 9.97 Å². The van der Waals surface area contributed by atoms with Gasteiger partial charge in [0.1, 0.15) is 17.7 Å². The molecule has 2 aromatic heterocycles. The second-order valence-corrected chi connectivity index (χ2v) is 8.60. The summed E-state index contributed by atoms with van der Waals surface area (Å²) in [5.74, 6) is 1.86. The molecule has 34 heavy (non-hydrogen) atoms. The van der Waals surface area contributed by atoms with Crippen molar-refractivity contribution in [2.45, 2.75) is 51.1 Å². The Labute approximate surface area is 201 Å². The van der Waals surface area contributed by atoms with Crippen molar-refractivity contribution < 1.29 is 4.79 Å². The van der Waals surface area contributed by atoms with Crippen LogP contribution in [0.25, 0.3) is 10.7 Å². The monoisotopic (exact) mass is 453 g/mol. The van der Waals surface area contributed by atoms with Gasteiger partial charge in [0.15, 0.2) is 5.69 Å². The highest BCUT2D eigenvalue weighted by Gasteiger charge is 2.25. The van der Waals surface area contributed by atoms with Crippen LogP contribution in [0.15, 0.2) is 54.9 Å². The van der Waals surface area contributed by atoms with E-state index in [-0.39, 0.29) is 11.9 Å². The smallest absolute Gasteiger partial charge is 0.242 e. The van der Waals surface area contributed by atoms with Crippen LogP contribution in [0.3, 0.4) is 0 Å². The number of rotatable bonds is 9. The summed E-state index contributed by atoms with van der Waals surface area (Å²) in [6.45, 7) is 7.48. The molecular weight excluding hydrogens is 425 g/mol. The molecule has 0 saturated heterocycles. The zero-order valence-electron chi connectivity index (χ0n) is 19.1. The molecule has 1 aliphatic rings. The fourth-order valence-corrected chi connectivity index (χ4v) is 4.36. The van der Waals surface area contributed by atoms with Gasteiger partial charge in [0, 0.05) is 25.0 Å². The predicted octanol–water partition coefficient (Wildman–Crippen LogP) is 4.38. The lowest BCUT2D eigenvalue weighted by Crippen LogP contribution is -2.41. The Bertz CT molecular complexity index is 1120. The third kappa shape index (κ3) is 6.16. The number of carbonyl (C=O) groups is 1. The van der Waals surface area contributed by atoms with Crippen LogP contribution in [0.2, 0.25) is 0 Å². The molecule has 4 rings (SSSR count). The van der Waals surface area contributed by atoms with E-state index in [9.17, 15) is 4.79 Å². The fourth-order valence-electron chi connectivity index (χ4n) is 4.36. The topological polar surface area (TPSA) is 88.2 Å². The normalized spacial score (nSPS) is 14.7. The molecule has 1 aromatic carbocycles. The van der Waals surface area contributed by atoms with Crippen molar-refractivity contribution in [2.24, 2.45) is 5.92 Å². The van der Waals surface area contributed by atoms with E-state index >= 15 is 0 Å². The van der Waals surface area contributed by atoms with Gasteiger partial charge in [0.2, 0.25) is 19.8 Å². The molecule has 1 saturated carbocycles. The van der Waals surface area contributed by atoms with E-state index in [1.165, 1.54) is 19.3 Å². The SMILES string of the molecule is [B]Nc1nc(NC(CC2CCCCC2)C(=O)NCc2ccc([N+]#[C-])cc2)cc(-n2cccc2)n1. The molecule has 1 atom stereocenters. The van der Waals surface area contributed by atoms with Crippen molar-refractivity contribution in [2.75, 3.05) is 10.5 Å². The van der Waals surface area contributed by atoms with Crippen molar-refractivity contribution in [3.05, 3.63) is 71.8 Å². The second-order valence-electron chi connectivity index (χ2n) is 8.60. The van der Waals surface area contributed by atoms with Crippen LogP contribution < -0.4 is 15.9 Å². The quantitative estimate of drug-likeness (QED) is 0.331. The van der Waals surface area contributed by atoms with Crippen LogP contribution in [0, 0.1) is 12.5 Å². The summed E-state index contributed by atoms with van der Waals surface area (Å²) in [5, 5.41) is 8.91. The number of nitrogens with one attached hydrogen (secondary N) is 3. The van der Waals surface area contributed by atoms with E-state index in [1.807, 2.05) is 47.3 Å². The number of aromatic nitrogens is 3. The maximum atomic E-state index is 13.3. The van der Waals surface area contributed by atoms with E-state index in [0.29, 0.717) is 29.8 Å². The number of anilines is 2. The summed E-state index contributed by atoms with van der Waals surface area (Å²) in [7, 11) is 5.60. The van der Waals surface area contributed by atoms with Gasteiger partial charge in [-0.05, 0) is 30.0 Å². The summed E-state index contributed by atoms with van der Waals surface area (Å²) >= 11 is 0. The Morgan fingerprint density at radius 3 is 2.56 bits per heavy atom. The molecule has 1 aliphatic carbocycles. The van der Waals surface area contributed by atoms with Crippen molar-refractivity contribution in [1.29, 1.82) is 0 Å². The molecule has 9 heteroatoms. The van der Waals surface area contributed by atoms with Gasteiger partial charge in [0.25, 0.3) is 0 Å². The van der Waals surface area contributed by atoms with E-state index in [4.69, 9.17) is 14.6 Å². The van der Waals surface area contributed by atoms with Gasteiger partial charge in [-0.25, -0.2) is 4.85 Å². The lowest BCUT2D eigenvalue weighted by molar-refractivity contribution is -0.122. The Morgan fingerprint density at radius 2 is 1.88 bits per heavy atom. The first-order chi connectivity index (χ1) is 16.6. The average molecular weight is 453 g/mol. The summed E-state index contributed by atoms with van der Waals surface area (Å²) in [6, 6.07) is 12.4. The van der Waals surface area contributed by atoms with Crippen molar-refractivity contribution in [1.82, 2.24) is 19.9 Å². The lowest BCUT2D eigenvalue weighted by Gasteiger charge is -2.27. The number of hydrogen-bond donors (Lipinski definition) is 3. The molecule has 0 spiro atoms. The zero-order chi connectivity index (χ0) is 23.8. The largest absolute Gasteiger partial charge is 0.407 e. The van der Waals surface area contributed by atoms with Gasteiger partial charge in [-0.1, -0.05) is 56.4 Å². The molecule has 1 amide bonds. The first kappa shape index (κ1) is 23.4. The molecule has 172 valence electrons.